The third-order valence-corrected chi connectivity index (χ3v) is 14.4. The van der Waals surface area contributed by atoms with E-state index in [1.165, 1.54) is 0 Å². The number of fused-ring (bicyclic) bond motifs is 4. The molecule has 11 heteroatoms. The number of nitrogens with zero attached hydrogens (tertiary/aromatic N) is 4. The number of likely N-dealkylation sites (N-methyl/N-ethyl adjacent to an activating group) is 2. The Bertz CT molecular complexity index is 2780. The van der Waals surface area contributed by atoms with Crippen LogP contribution in [0.1, 0.15) is 93.6 Å². The highest BCUT2D eigenvalue weighted by Gasteiger charge is 2.33. The van der Waals surface area contributed by atoms with Crippen molar-refractivity contribution in [2.24, 2.45) is 0 Å². The lowest BCUT2D eigenvalue weighted by Gasteiger charge is -2.33. The summed E-state index contributed by atoms with van der Waals surface area (Å²) >= 11 is 0. The van der Waals surface area contributed by atoms with Gasteiger partial charge < -0.3 is 35.0 Å². The maximum atomic E-state index is 14.1. The SMILES string of the molecule is CCN(CC)c1ccc2c(c1)OC1=CC(N(CC)CC)C=CC1=C2c1ccccc1C(=O)NCC[NH2+]CC[NH+]=C(O)c1ccccc1C1=C2C=CC(N(CC)CC)C=C2Oc2cc(N(CC)CC)ccc21. The minimum absolute atomic E-state index is 0.117. The van der Waals surface area contributed by atoms with Gasteiger partial charge in [-0.05, 0) is 108 Å². The number of nitrogens with two attached hydrogens (primary N) is 1. The summed E-state index contributed by atoms with van der Waals surface area (Å²) < 4.78 is 13.5. The summed E-state index contributed by atoms with van der Waals surface area (Å²) in [4.78, 5) is 26.9. The summed E-state index contributed by atoms with van der Waals surface area (Å²) in [7, 11) is 0. The van der Waals surface area contributed by atoms with Gasteiger partial charge in [0.05, 0.1) is 30.7 Å². The van der Waals surface area contributed by atoms with E-state index in [0.29, 0.717) is 31.7 Å². The number of anilines is 2. The Balaban J connectivity index is 0.970. The molecule has 0 aromatic heterocycles. The zero-order chi connectivity index (χ0) is 50.0. The van der Waals surface area contributed by atoms with Gasteiger partial charge in [-0.1, -0.05) is 88.4 Å². The molecule has 0 saturated heterocycles. The van der Waals surface area contributed by atoms with E-state index in [1.54, 1.807) is 0 Å². The first-order chi connectivity index (χ1) is 34.7. The average Bonchev–Trinajstić information content (AvgIpc) is 3.40. The van der Waals surface area contributed by atoms with E-state index < -0.39 is 0 Å². The van der Waals surface area contributed by atoms with Gasteiger partial charge in [-0.15, -0.1) is 0 Å². The molecule has 0 fully saturated rings. The average molecular weight is 958 g/mol. The number of hydrogen-bond donors (Lipinski definition) is 4. The number of allylic oxidation sites excluding steroid dienone is 2. The number of aliphatic hydroxyl groups excluding tert-OH is 1. The second-order valence-electron chi connectivity index (χ2n) is 18.2. The Morgan fingerprint density at radius 1 is 0.592 bits per heavy atom. The minimum Gasteiger partial charge on any atom is -0.460 e. The molecule has 0 radical (unpaired) electrons. The first-order valence-electron chi connectivity index (χ1n) is 26.2. The number of carbonyl (C=O) groups excluding carboxylic acids is 1. The molecule has 0 spiro atoms. The van der Waals surface area contributed by atoms with E-state index in [4.69, 9.17) is 9.47 Å². The maximum absolute atomic E-state index is 14.1. The summed E-state index contributed by atoms with van der Waals surface area (Å²) in [6, 6.07) is 29.1. The first-order valence-corrected chi connectivity index (χ1v) is 26.2. The molecular formula is C60H75N7O4+2. The van der Waals surface area contributed by atoms with Crippen LogP contribution in [-0.4, -0.2) is 117 Å². The molecule has 2 atom stereocenters. The Morgan fingerprint density at radius 3 is 1.54 bits per heavy atom. The molecule has 4 aromatic rings. The van der Waals surface area contributed by atoms with Crippen molar-refractivity contribution in [1.82, 2.24) is 15.1 Å². The van der Waals surface area contributed by atoms with Gasteiger partial charge in [0.25, 0.3) is 5.91 Å². The van der Waals surface area contributed by atoms with Crippen LogP contribution in [0.3, 0.4) is 0 Å². The van der Waals surface area contributed by atoms with Crippen LogP contribution in [-0.2, 0) is 0 Å². The molecule has 2 aliphatic heterocycles. The van der Waals surface area contributed by atoms with Crippen molar-refractivity contribution in [1.29, 1.82) is 0 Å². The summed E-state index contributed by atoms with van der Waals surface area (Å²) in [5, 5.41) is 17.1. The van der Waals surface area contributed by atoms with Crippen LogP contribution in [0.2, 0.25) is 0 Å². The fourth-order valence-electron chi connectivity index (χ4n) is 10.5. The maximum Gasteiger partial charge on any atom is 0.366 e. The first kappa shape index (κ1) is 50.7. The number of aliphatic hydroxyl groups is 1. The number of quaternary nitrogens is 1. The van der Waals surface area contributed by atoms with Crippen molar-refractivity contribution in [3.05, 3.63) is 177 Å². The van der Waals surface area contributed by atoms with Crippen molar-refractivity contribution in [2.45, 2.75) is 67.5 Å². The van der Waals surface area contributed by atoms with Gasteiger partial charge in [-0.3, -0.25) is 14.6 Å². The Morgan fingerprint density at radius 2 is 1.06 bits per heavy atom. The predicted molar refractivity (Wildman–Crippen MR) is 291 cm³/mol. The zero-order valence-corrected chi connectivity index (χ0v) is 43.2. The van der Waals surface area contributed by atoms with Gasteiger partial charge in [0.15, 0.2) is 6.54 Å². The van der Waals surface area contributed by atoms with Gasteiger partial charge >= 0.3 is 5.90 Å². The number of amides is 1. The number of nitrogens with one attached hydrogen (secondary N) is 2. The van der Waals surface area contributed by atoms with Crippen LogP contribution in [0.5, 0.6) is 11.5 Å². The second-order valence-corrected chi connectivity index (χ2v) is 18.2. The van der Waals surface area contributed by atoms with Crippen molar-refractivity contribution in [3.63, 3.8) is 0 Å². The van der Waals surface area contributed by atoms with Crippen LogP contribution < -0.4 is 34.9 Å². The molecule has 71 heavy (non-hydrogen) atoms. The lowest BCUT2D eigenvalue weighted by molar-refractivity contribution is -0.675. The molecule has 0 saturated carbocycles. The summed E-state index contributed by atoms with van der Waals surface area (Å²) in [5.41, 5.74) is 11.4. The molecule has 372 valence electrons. The molecular weight excluding hydrogens is 883 g/mol. The summed E-state index contributed by atoms with van der Waals surface area (Å²) in [6.45, 7) is 27.1. The molecule has 0 bridgehead atoms. The lowest BCUT2D eigenvalue weighted by atomic mass is 9.84. The second kappa shape index (κ2) is 23.5. The van der Waals surface area contributed by atoms with Crippen LogP contribution in [0.4, 0.5) is 11.4 Å². The smallest absolute Gasteiger partial charge is 0.366 e. The molecule has 4 aliphatic rings. The van der Waals surface area contributed by atoms with E-state index in [-0.39, 0.29) is 23.9 Å². The van der Waals surface area contributed by atoms with Crippen LogP contribution >= 0.6 is 0 Å². The van der Waals surface area contributed by atoms with Crippen molar-refractivity contribution < 1.29 is 29.7 Å². The highest BCUT2D eigenvalue weighted by molar-refractivity contribution is 6.04. The molecule has 5 N–H and O–H groups in total. The highest BCUT2D eigenvalue weighted by Crippen LogP contribution is 2.47. The third kappa shape index (κ3) is 10.7. The minimum atomic E-state index is -0.120. The quantitative estimate of drug-likeness (QED) is 0.0365. The number of hydrogen-bond acceptors (Lipinski definition) is 7. The number of benzene rings is 4. The highest BCUT2D eigenvalue weighted by atomic mass is 16.5. The molecule has 2 unspecified atom stereocenters. The molecule has 1 amide bonds. The van der Waals surface area contributed by atoms with Crippen molar-refractivity contribution in [2.75, 3.05) is 88.3 Å². The monoisotopic (exact) mass is 958 g/mol. The van der Waals surface area contributed by atoms with E-state index in [1.807, 2.05) is 36.4 Å². The lowest BCUT2D eigenvalue weighted by Crippen LogP contribution is -2.91. The van der Waals surface area contributed by atoms with Crippen LogP contribution in [0, 0.1) is 0 Å². The standard InChI is InChI=1S/C60H73N7O4/c1-9-64(10-2)41-25-29-49-53(37-41)70-54-38-42(65(11-3)12-4)26-30-50(54)57(49)45-21-17-19-23-47(45)59(68)62-35-33-61-34-36-63-60(69)48-24-20-18-22-46(48)58-51-31-27-43(66(13-5)14-6)39-55(51)71-56-40-44(28-32-52(56)58)67(15-7)16-8/h17-32,37-41,43,61H,9-16,33-36H2,1-8H3,(H,62,68)(H,63,69)/p+2. The number of carbonyl (C=O) groups is 1. The van der Waals surface area contributed by atoms with E-state index in [9.17, 15) is 9.90 Å². The number of ether oxygens (including phenoxy) is 2. The third-order valence-electron chi connectivity index (χ3n) is 14.4. The Kier molecular flexibility index (Phi) is 16.8. The molecule has 8 rings (SSSR count). The van der Waals surface area contributed by atoms with Crippen molar-refractivity contribution >= 4 is 34.3 Å². The van der Waals surface area contributed by atoms with E-state index in [2.05, 4.69) is 176 Å². The zero-order valence-electron chi connectivity index (χ0n) is 43.2. The van der Waals surface area contributed by atoms with Gasteiger partial charge in [-0.25, -0.2) is 4.99 Å². The van der Waals surface area contributed by atoms with Gasteiger partial charge in [-0.2, -0.15) is 0 Å². The van der Waals surface area contributed by atoms with Crippen LogP contribution in [0.25, 0.3) is 11.1 Å². The Labute approximate surface area is 422 Å². The summed E-state index contributed by atoms with van der Waals surface area (Å²) in [5.74, 6) is 3.27. The van der Waals surface area contributed by atoms with E-state index >= 15 is 0 Å². The Hall–Kier alpha value is -6.66. The molecule has 2 aliphatic carbocycles. The van der Waals surface area contributed by atoms with Gasteiger partial charge in [0, 0.05) is 94.2 Å². The molecule has 11 nitrogen and oxygen atoms in total. The molecule has 4 aromatic carbocycles. The number of rotatable bonds is 22. The predicted octanol–water partition coefficient (Wildman–Crippen LogP) is 7.47. The normalized spacial score (nSPS) is 17.0. The van der Waals surface area contributed by atoms with E-state index in [0.717, 1.165) is 137 Å². The fraction of sp³-hybridized carbons (Fsp3) is 0.367. The van der Waals surface area contributed by atoms with Gasteiger partial charge in [0.2, 0.25) is 0 Å². The topological polar surface area (TPSA) is 111 Å². The van der Waals surface area contributed by atoms with Crippen molar-refractivity contribution in [3.8, 4) is 11.5 Å². The van der Waals surface area contributed by atoms with Gasteiger partial charge in [0.1, 0.15) is 29.6 Å². The molecule has 2 heterocycles. The summed E-state index contributed by atoms with van der Waals surface area (Å²) in [6.07, 6.45) is 13.3. The van der Waals surface area contributed by atoms with Crippen LogP contribution in [0.15, 0.2) is 144 Å². The fourth-order valence-corrected chi connectivity index (χ4v) is 10.5. The largest absolute Gasteiger partial charge is 0.460 e.